The van der Waals surface area contributed by atoms with Crippen LogP contribution in [0.15, 0.2) is 12.5 Å². The number of nitrogens with zero attached hydrogens (tertiary/aromatic N) is 3. The molecule has 0 unspecified atom stereocenters. The predicted octanol–water partition coefficient (Wildman–Crippen LogP) is 3.71. The van der Waals surface area contributed by atoms with E-state index in [1.165, 1.54) is 44.9 Å². The molecule has 1 heterocycles. The van der Waals surface area contributed by atoms with Gasteiger partial charge in [0.25, 0.3) is 0 Å². The van der Waals surface area contributed by atoms with Crippen LogP contribution in [0.4, 0.5) is 0 Å². The molecule has 0 N–H and O–H groups in total. The van der Waals surface area contributed by atoms with Gasteiger partial charge >= 0.3 is 0 Å². The molecule has 0 aliphatic heterocycles. The van der Waals surface area contributed by atoms with Gasteiger partial charge in [0.2, 0.25) is 0 Å². The molecule has 1 aromatic heterocycles. The summed E-state index contributed by atoms with van der Waals surface area (Å²) >= 11 is 0. The lowest BCUT2D eigenvalue weighted by Crippen LogP contribution is -2.33. The van der Waals surface area contributed by atoms with E-state index in [2.05, 4.69) is 15.6 Å². The number of hydrogen-bond donors (Lipinski definition) is 0. The molecule has 3 nitrogen and oxygen atoms in total. The fourth-order valence-corrected chi connectivity index (χ4v) is 3.91. The summed E-state index contributed by atoms with van der Waals surface area (Å²) in [6.07, 6.45) is 13.0. The average Bonchev–Trinajstić information content (AvgIpc) is 2.86. The fourth-order valence-electron chi connectivity index (χ4n) is 3.91. The molecule has 1 aromatic rings. The summed E-state index contributed by atoms with van der Waals surface area (Å²) in [6, 6.07) is 2.80. The van der Waals surface area contributed by atoms with Gasteiger partial charge in [0, 0.05) is 6.04 Å². The normalized spacial score (nSPS) is 30.9. The Morgan fingerprint density at radius 2 is 1.94 bits per heavy atom. The average molecular weight is 266 g/mol. The van der Waals surface area contributed by atoms with Gasteiger partial charge in [-0.25, -0.2) is 4.98 Å². The topological polar surface area (TPSA) is 41.6 Å². The van der Waals surface area contributed by atoms with Gasteiger partial charge in [-0.15, -0.1) is 12.4 Å². The molecule has 3 rings (SSSR count). The third kappa shape index (κ3) is 2.27. The highest BCUT2D eigenvalue weighted by molar-refractivity contribution is 5.85. The van der Waals surface area contributed by atoms with Crippen LogP contribution in [0.3, 0.4) is 0 Å². The van der Waals surface area contributed by atoms with Crippen molar-refractivity contribution in [3.63, 3.8) is 0 Å². The molecule has 0 spiro atoms. The van der Waals surface area contributed by atoms with Gasteiger partial charge in [0.1, 0.15) is 11.8 Å². The van der Waals surface area contributed by atoms with Gasteiger partial charge in [-0.2, -0.15) is 5.26 Å². The first kappa shape index (κ1) is 13.4. The second-order valence-electron chi connectivity index (χ2n) is 5.50. The molecule has 98 valence electrons. The molecule has 2 aliphatic rings. The Bertz CT molecular complexity index is 432. The van der Waals surface area contributed by atoms with Crippen LogP contribution in [0, 0.1) is 23.2 Å². The van der Waals surface area contributed by atoms with Crippen molar-refractivity contribution in [3.8, 4) is 6.07 Å². The summed E-state index contributed by atoms with van der Waals surface area (Å²) in [5.74, 6) is 1.69. The first-order chi connectivity index (χ1) is 8.40. The second-order valence-corrected chi connectivity index (χ2v) is 5.50. The Kier molecular flexibility index (Phi) is 4.29. The van der Waals surface area contributed by atoms with Crippen molar-refractivity contribution < 1.29 is 0 Å². The Morgan fingerprint density at radius 3 is 2.78 bits per heavy atom. The van der Waals surface area contributed by atoms with Crippen molar-refractivity contribution in [3.05, 3.63) is 18.2 Å². The molecular weight excluding hydrogens is 246 g/mol. The minimum absolute atomic E-state index is 0. The maximum Gasteiger partial charge on any atom is 0.140 e. The van der Waals surface area contributed by atoms with Crippen molar-refractivity contribution >= 4 is 12.4 Å². The number of imidazole rings is 1. The summed E-state index contributed by atoms with van der Waals surface area (Å²) in [5.41, 5.74) is 0.737. The van der Waals surface area contributed by atoms with Crippen LogP contribution in [-0.4, -0.2) is 9.55 Å². The van der Waals surface area contributed by atoms with E-state index in [0.717, 1.165) is 17.5 Å². The smallest absolute Gasteiger partial charge is 0.140 e. The van der Waals surface area contributed by atoms with Crippen molar-refractivity contribution in [1.82, 2.24) is 9.55 Å². The molecule has 3 atom stereocenters. The van der Waals surface area contributed by atoms with Gasteiger partial charge in [-0.1, -0.05) is 32.1 Å². The Labute approximate surface area is 115 Å². The van der Waals surface area contributed by atoms with Gasteiger partial charge in [-0.3, -0.25) is 0 Å². The van der Waals surface area contributed by atoms with Crippen LogP contribution < -0.4 is 0 Å². The van der Waals surface area contributed by atoms with E-state index < -0.39 is 0 Å². The zero-order valence-electron chi connectivity index (χ0n) is 10.6. The third-order valence-electron chi connectivity index (χ3n) is 4.67. The molecule has 2 aliphatic carbocycles. The van der Waals surface area contributed by atoms with Crippen LogP contribution in [0.2, 0.25) is 0 Å². The number of nitriles is 1. The van der Waals surface area contributed by atoms with E-state index in [9.17, 15) is 0 Å². The lowest BCUT2D eigenvalue weighted by atomic mass is 9.68. The molecule has 0 aromatic carbocycles. The van der Waals surface area contributed by atoms with E-state index in [1.54, 1.807) is 6.20 Å². The van der Waals surface area contributed by atoms with Gasteiger partial charge < -0.3 is 4.57 Å². The summed E-state index contributed by atoms with van der Waals surface area (Å²) < 4.78 is 2.14. The molecule has 2 saturated carbocycles. The fraction of sp³-hybridized carbons (Fsp3) is 0.714. The molecule has 4 heteroatoms. The first-order valence-electron chi connectivity index (χ1n) is 6.82. The Morgan fingerprint density at radius 1 is 1.17 bits per heavy atom. The lowest BCUT2D eigenvalue weighted by molar-refractivity contribution is 0.108. The van der Waals surface area contributed by atoms with Gasteiger partial charge in [-0.05, 0) is 24.7 Å². The quantitative estimate of drug-likeness (QED) is 0.777. The lowest BCUT2D eigenvalue weighted by Gasteiger charge is -2.42. The highest BCUT2D eigenvalue weighted by Crippen LogP contribution is 2.46. The van der Waals surface area contributed by atoms with Gasteiger partial charge in [0.05, 0.1) is 12.5 Å². The number of halogens is 1. The summed E-state index contributed by atoms with van der Waals surface area (Å²) in [7, 11) is 0. The number of hydrogen-bond acceptors (Lipinski definition) is 2. The zero-order chi connectivity index (χ0) is 11.7. The minimum atomic E-state index is 0. The van der Waals surface area contributed by atoms with Crippen LogP contribution in [0.5, 0.6) is 0 Å². The molecule has 2 fully saturated rings. The standard InChI is InChI=1S/C14H19N3.ClH/c15-8-12-9-16-10-17(12)14-7-3-5-11-4-1-2-6-13(11)14;/h9-11,13-14H,1-7H2;1H/t11-,13+,14-;/m1./s1. The molecule has 0 bridgehead atoms. The third-order valence-corrected chi connectivity index (χ3v) is 4.67. The van der Waals surface area contributed by atoms with E-state index in [4.69, 9.17) is 5.26 Å². The first-order valence-corrected chi connectivity index (χ1v) is 6.82. The van der Waals surface area contributed by atoms with E-state index in [0.29, 0.717) is 6.04 Å². The van der Waals surface area contributed by atoms with Crippen molar-refractivity contribution in [1.29, 1.82) is 5.26 Å². The van der Waals surface area contributed by atoms with Crippen molar-refractivity contribution in [2.45, 2.75) is 51.0 Å². The Balaban J connectivity index is 0.00000120. The zero-order valence-corrected chi connectivity index (χ0v) is 11.4. The second kappa shape index (κ2) is 5.75. The summed E-state index contributed by atoms with van der Waals surface area (Å²) in [6.45, 7) is 0. The van der Waals surface area contributed by atoms with Crippen LogP contribution >= 0.6 is 12.4 Å². The number of aromatic nitrogens is 2. The molecule has 0 saturated heterocycles. The molecule has 0 amide bonds. The van der Waals surface area contributed by atoms with Crippen LogP contribution in [0.1, 0.15) is 56.7 Å². The van der Waals surface area contributed by atoms with Crippen LogP contribution in [0.25, 0.3) is 0 Å². The number of rotatable bonds is 1. The minimum Gasteiger partial charge on any atom is -0.319 e. The van der Waals surface area contributed by atoms with E-state index >= 15 is 0 Å². The molecular formula is C14H20ClN3. The SMILES string of the molecule is Cl.N#Cc1cncn1[C@@H]1CCC[C@H]2CCCC[C@@H]21. The predicted molar refractivity (Wildman–Crippen MR) is 72.5 cm³/mol. The largest absolute Gasteiger partial charge is 0.319 e. The molecule has 18 heavy (non-hydrogen) atoms. The maximum atomic E-state index is 9.12. The van der Waals surface area contributed by atoms with Crippen molar-refractivity contribution in [2.75, 3.05) is 0 Å². The van der Waals surface area contributed by atoms with E-state index in [1.807, 2.05) is 6.33 Å². The summed E-state index contributed by atoms with van der Waals surface area (Å²) in [5, 5.41) is 9.12. The van der Waals surface area contributed by atoms with Crippen LogP contribution in [-0.2, 0) is 0 Å². The highest BCUT2D eigenvalue weighted by atomic mass is 35.5. The van der Waals surface area contributed by atoms with Gasteiger partial charge in [0.15, 0.2) is 0 Å². The maximum absolute atomic E-state index is 9.12. The van der Waals surface area contributed by atoms with Crippen molar-refractivity contribution in [2.24, 2.45) is 11.8 Å². The highest BCUT2D eigenvalue weighted by Gasteiger charge is 2.36. The molecule has 0 radical (unpaired) electrons. The monoisotopic (exact) mass is 265 g/mol. The number of fused-ring (bicyclic) bond motifs is 1. The van der Waals surface area contributed by atoms with E-state index in [-0.39, 0.29) is 12.4 Å². The Hall–Kier alpha value is -1.01. The summed E-state index contributed by atoms with van der Waals surface area (Å²) in [4.78, 5) is 4.15.